The first-order valence-electron chi connectivity index (χ1n) is 10.2. The van der Waals surface area contributed by atoms with E-state index in [9.17, 15) is 14.4 Å². The summed E-state index contributed by atoms with van der Waals surface area (Å²) in [6.07, 6.45) is 3.51. The maximum atomic E-state index is 13.3. The van der Waals surface area contributed by atoms with Crippen molar-refractivity contribution in [3.05, 3.63) is 84.5 Å². The van der Waals surface area contributed by atoms with Gasteiger partial charge in [-0.15, -0.1) is 22.7 Å². The minimum absolute atomic E-state index is 0.0602. The van der Waals surface area contributed by atoms with E-state index in [1.165, 1.54) is 34.8 Å². The van der Waals surface area contributed by atoms with E-state index in [-0.39, 0.29) is 17.5 Å². The molecule has 2 aromatic heterocycles. The molecule has 160 valence electrons. The predicted octanol–water partition coefficient (Wildman–Crippen LogP) is 3.39. The third-order valence-corrected chi connectivity index (χ3v) is 7.50. The van der Waals surface area contributed by atoms with Gasteiger partial charge in [0.25, 0.3) is 5.56 Å². The van der Waals surface area contributed by atoms with Gasteiger partial charge in [-0.25, -0.2) is 9.37 Å². The summed E-state index contributed by atoms with van der Waals surface area (Å²) in [5.74, 6) is -0.333. The molecule has 1 fully saturated rings. The largest absolute Gasteiger partial charge is 0.376 e. The molecular weight excluding hydrogens is 445 g/mol. The monoisotopic (exact) mass is 463 g/mol. The molecule has 1 aliphatic rings. The van der Waals surface area contributed by atoms with Gasteiger partial charge in [0, 0.05) is 6.61 Å². The summed E-state index contributed by atoms with van der Waals surface area (Å²) in [6, 6.07) is 16.0. The molecular formula is C24H18FN3O2S2. The number of halogens is 1. The quantitative estimate of drug-likeness (QED) is 0.465. The first kappa shape index (κ1) is 20.8. The molecule has 2 aromatic carbocycles. The molecule has 3 heterocycles. The average molecular weight is 464 g/mol. The van der Waals surface area contributed by atoms with Crippen molar-refractivity contribution in [2.24, 2.45) is 0 Å². The molecule has 0 N–H and O–H groups in total. The fourth-order valence-corrected chi connectivity index (χ4v) is 5.88. The normalized spacial score (nSPS) is 17.6. The van der Waals surface area contributed by atoms with E-state index in [1.54, 1.807) is 22.8 Å². The Balaban J connectivity index is 1.74. The van der Waals surface area contributed by atoms with Crippen LogP contribution in [0.15, 0.2) is 53.3 Å². The molecule has 4 aromatic rings. The van der Waals surface area contributed by atoms with Crippen molar-refractivity contribution >= 4 is 44.5 Å². The zero-order chi connectivity index (χ0) is 22.1. The third-order valence-electron chi connectivity index (χ3n) is 5.32. The van der Waals surface area contributed by atoms with Gasteiger partial charge in [0.15, 0.2) is 0 Å². The molecule has 1 saturated heterocycles. The Kier molecular flexibility index (Phi) is 5.70. The van der Waals surface area contributed by atoms with Crippen LogP contribution < -0.4 is 14.8 Å². The van der Waals surface area contributed by atoms with Crippen molar-refractivity contribution in [2.45, 2.75) is 25.5 Å². The maximum Gasteiger partial charge on any atom is 0.269 e. The van der Waals surface area contributed by atoms with E-state index in [1.807, 2.05) is 24.3 Å². The second kappa shape index (κ2) is 8.79. The topological polar surface area (TPSA) is 67.9 Å². The number of nitriles is 1. The highest BCUT2D eigenvalue weighted by Crippen LogP contribution is 2.25. The average Bonchev–Trinajstić information content (AvgIpc) is 3.53. The summed E-state index contributed by atoms with van der Waals surface area (Å²) >= 11 is 2.69. The lowest BCUT2D eigenvalue weighted by Gasteiger charge is -2.09. The fraction of sp³-hybridized carbons (Fsp3) is 0.208. The van der Waals surface area contributed by atoms with Crippen LogP contribution in [0.25, 0.3) is 21.9 Å². The van der Waals surface area contributed by atoms with Crippen molar-refractivity contribution in [3.63, 3.8) is 0 Å². The molecule has 32 heavy (non-hydrogen) atoms. The summed E-state index contributed by atoms with van der Waals surface area (Å²) in [7, 11) is 0. The van der Waals surface area contributed by atoms with Crippen LogP contribution in [0.1, 0.15) is 23.4 Å². The van der Waals surface area contributed by atoms with Crippen LogP contribution in [0.5, 0.6) is 0 Å². The van der Waals surface area contributed by atoms with E-state index in [4.69, 9.17) is 4.74 Å². The molecule has 0 bridgehead atoms. The lowest BCUT2D eigenvalue weighted by Crippen LogP contribution is -2.35. The third kappa shape index (κ3) is 4.02. The minimum atomic E-state index is -0.333. The molecule has 0 aliphatic carbocycles. The maximum absolute atomic E-state index is 13.3. The molecule has 0 saturated carbocycles. The zero-order valence-corrected chi connectivity index (χ0v) is 18.6. The number of benzene rings is 2. The van der Waals surface area contributed by atoms with E-state index in [0.717, 1.165) is 28.6 Å². The van der Waals surface area contributed by atoms with E-state index in [0.29, 0.717) is 32.9 Å². The fourth-order valence-electron chi connectivity index (χ4n) is 3.74. The van der Waals surface area contributed by atoms with Crippen LogP contribution in [0, 0.1) is 17.1 Å². The minimum Gasteiger partial charge on any atom is -0.376 e. The summed E-state index contributed by atoms with van der Waals surface area (Å²) in [6.45, 7) is 1.07. The van der Waals surface area contributed by atoms with Crippen LogP contribution in [0.2, 0.25) is 0 Å². The van der Waals surface area contributed by atoms with Crippen LogP contribution >= 0.6 is 22.7 Å². The van der Waals surface area contributed by atoms with E-state index in [2.05, 4.69) is 11.1 Å². The Morgan fingerprint density at radius 1 is 1.25 bits per heavy atom. The standard InChI is InChI=1S/C24H18FN3O2S2/c25-16-9-7-15(8-10-16)12-21-23(29)28(14-17-4-3-11-30-17)24(32-21)18(13-26)22-27-19-5-1-2-6-20(19)31-22/h1-2,5-10,12,17H,3-4,11,14H2/b21-12-,24-18-/t17-/m1/s1. The van der Waals surface area contributed by atoms with E-state index >= 15 is 0 Å². The number of para-hydroxylation sites is 1. The highest BCUT2D eigenvalue weighted by atomic mass is 32.1. The van der Waals surface area contributed by atoms with Crippen molar-refractivity contribution in [1.29, 1.82) is 5.26 Å². The van der Waals surface area contributed by atoms with Crippen LogP contribution in [-0.4, -0.2) is 22.3 Å². The second-order valence-corrected chi connectivity index (χ2v) is 9.55. The van der Waals surface area contributed by atoms with Gasteiger partial charge in [-0.3, -0.25) is 9.36 Å². The first-order chi connectivity index (χ1) is 15.6. The zero-order valence-electron chi connectivity index (χ0n) is 17.0. The Bertz CT molecular complexity index is 1470. The number of aromatic nitrogens is 2. The number of ether oxygens (including phenoxy) is 1. The van der Waals surface area contributed by atoms with Gasteiger partial charge in [0.2, 0.25) is 0 Å². The van der Waals surface area contributed by atoms with Crippen molar-refractivity contribution < 1.29 is 9.13 Å². The molecule has 1 atom stereocenters. The van der Waals surface area contributed by atoms with Gasteiger partial charge in [-0.1, -0.05) is 24.3 Å². The number of hydrogen-bond donors (Lipinski definition) is 0. The highest BCUT2D eigenvalue weighted by Gasteiger charge is 2.20. The van der Waals surface area contributed by atoms with Crippen molar-refractivity contribution in [3.8, 4) is 6.07 Å². The Hall–Kier alpha value is -3.12. The Labute approximate surface area is 191 Å². The van der Waals surface area contributed by atoms with Gasteiger partial charge in [-0.05, 0) is 48.7 Å². The predicted molar refractivity (Wildman–Crippen MR) is 125 cm³/mol. The second-order valence-electron chi connectivity index (χ2n) is 7.49. The van der Waals surface area contributed by atoms with E-state index < -0.39 is 0 Å². The first-order valence-corrected chi connectivity index (χ1v) is 11.8. The van der Waals surface area contributed by atoms with Gasteiger partial charge >= 0.3 is 0 Å². The SMILES string of the molecule is N#C/C(c1nc2ccccc2s1)=c1/s/c(=C\c2ccc(F)cc2)c(=O)n1C[C@H]1CCCO1. The summed E-state index contributed by atoms with van der Waals surface area (Å²) < 4.78 is 22.7. The van der Waals surface area contributed by atoms with Crippen molar-refractivity contribution in [2.75, 3.05) is 6.61 Å². The van der Waals surface area contributed by atoms with Crippen LogP contribution in [-0.2, 0) is 11.3 Å². The lowest BCUT2D eigenvalue weighted by molar-refractivity contribution is 0.0958. The lowest BCUT2D eigenvalue weighted by atomic mass is 10.2. The smallest absolute Gasteiger partial charge is 0.269 e. The highest BCUT2D eigenvalue weighted by molar-refractivity contribution is 7.19. The number of hydrogen-bond acceptors (Lipinski definition) is 6. The molecule has 5 rings (SSSR count). The van der Waals surface area contributed by atoms with Gasteiger partial charge < -0.3 is 4.74 Å². The molecule has 1 aliphatic heterocycles. The molecule has 5 nitrogen and oxygen atoms in total. The summed E-state index contributed by atoms with van der Waals surface area (Å²) in [5.41, 5.74) is 1.74. The molecule has 0 unspecified atom stereocenters. The van der Waals surface area contributed by atoms with Crippen molar-refractivity contribution in [1.82, 2.24) is 9.55 Å². The van der Waals surface area contributed by atoms with Gasteiger partial charge in [0.05, 0.1) is 27.4 Å². The van der Waals surface area contributed by atoms with Crippen LogP contribution in [0.3, 0.4) is 0 Å². The number of rotatable bonds is 4. The number of nitrogens with zero attached hydrogens (tertiary/aromatic N) is 3. The molecule has 0 amide bonds. The molecule has 0 spiro atoms. The van der Waals surface area contributed by atoms with Gasteiger partial charge in [0.1, 0.15) is 27.1 Å². The summed E-state index contributed by atoms with van der Waals surface area (Å²) in [5, 5.41) is 10.6. The van der Waals surface area contributed by atoms with Crippen LogP contribution in [0.4, 0.5) is 4.39 Å². The Morgan fingerprint density at radius 2 is 2.06 bits per heavy atom. The molecule has 0 radical (unpaired) electrons. The number of thiazole rings is 2. The molecule has 8 heteroatoms. The summed E-state index contributed by atoms with van der Waals surface area (Å²) in [4.78, 5) is 18.0. The van der Waals surface area contributed by atoms with Gasteiger partial charge in [-0.2, -0.15) is 5.26 Å². The number of fused-ring (bicyclic) bond motifs is 1. The Morgan fingerprint density at radius 3 is 2.78 bits per heavy atom.